The number of benzene rings is 1. The van der Waals surface area contributed by atoms with Gasteiger partial charge < -0.3 is 14.5 Å². The molecule has 0 bridgehead atoms. The Labute approximate surface area is 168 Å². The second-order valence-corrected chi connectivity index (χ2v) is 8.22. The smallest absolute Gasteiger partial charge is 0.223 e. The summed E-state index contributed by atoms with van der Waals surface area (Å²) in [4.78, 5) is 29.2. The zero-order valence-corrected chi connectivity index (χ0v) is 16.9. The summed E-state index contributed by atoms with van der Waals surface area (Å²) in [6.07, 6.45) is 0.399. The van der Waals surface area contributed by atoms with Gasteiger partial charge in [0, 0.05) is 45.2 Å². The fraction of sp³-hybridized carbons (Fsp3) is 0.400. The largest absolute Gasteiger partial charge is 0.378 e. The molecule has 0 N–H and O–H groups in total. The molecular formula is C20H23ClN2O3S. The van der Waals surface area contributed by atoms with Gasteiger partial charge in [0.2, 0.25) is 5.91 Å². The van der Waals surface area contributed by atoms with E-state index in [0.29, 0.717) is 15.8 Å². The molecule has 3 rings (SSSR count). The molecule has 144 valence electrons. The summed E-state index contributed by atoms with van der Waals surface area (Å²) in [5.41, 5.74) is 2.25. The lowest BCUT2D eigenvalue weighted by Crippen LogP contribution is -2.37. The van der Waals surface area contributed by atoms with Crippen molar-refractivity contribution in [2.75, 3.05) is 38.3 Å². The van der Waals surface area contributed by atoms with E-state index in [1.54, 1.807) is 24.1 Å². The molecule has 1 aromatic carbocycles. The molecule has 1 aliphatic heterocycles. The van der Waals surface area contributed by atoms with Crippen LogP contribution < -0.4 is 4.90 Å². The molecule has 27 heavy (non-hydrogen) atoms. The Hall–Kier alpha value is -1.89. The molecule has 0 saturated carbocycles. The van der Waals surface area contributed by atoms with Crippen molar-refractivity contribution >= 4 is 40.3 Å². The third kappa shape index (κ3) is 5.31. The van der Waals surface area contributed by atoms with E-state index in [2.05, 4.69) is 11.0 Å². The Morgan fingerprint density at radius 2 is 1.89 bits per heavy atom. The second kappa shape index (κ2) is 9.35. The van der Waals surface area contributed by atoms with Crippen molar-refractivity contribution in [1.29, 1.82) is 0 Å². The standard InChI is InChI=1S/C20H23ClN2O3S/c1-22(20(25)9-6-17(24)18-7-8-19(21)27-18)14-15-4-2-3-5-16(15)23-10-12-26-13-11-23/h2-5,7-8H,6,9-14H2,1H3. The topological polar surface area (TPSA) is 49.9 Å². The highest BCUT2D eigenvalue weighted by molar-refractivity contribution is 7.18. The molecule has 2 heterocycles. The van der Waals surface area contributed by atoms with Crippen LogP contribution in [0.1, 0.15) is 28.1 Å². The molecule has 1 saturated heterocycles. The van der Waals surface area contributed by atoms with E-state index in [0.717, 1.165) is 37.6 Å². The van der Waals surface area contributed by atoms with Crippen LogP contribution in [0.15, 0.2) is 36.4 Å². The molecule has 5 nitrogen and oxygen atoms in total. The Bertz CT molecular complexity index is 802. The maximum Gasteiger partial charge on any atom is 0.223 e. The first-order valence-electron chi connectivity index (χ1n) is 8.97. The number of anilines is 1. The molecule has 1 aliphatic rings. The number of nitrogens with zero attached hydrogens (tertiary/aromatic N) is 2. The van der Waals surface area contributed by atoms with Crippen molar-refractivity contribution in [3.05, 3.63) is 51.2 Å². The number of Topliss-reactive ketones (excluding diaryl/α,β-unsaturated/α-hetero) is 1. The second-order valence-electron chi connectivity index (χ2n) is 6.50. The van der Waals surface area contributed by atoms with E-state index >= 15 is 0 Å². The predicted molar refractivity (Wildman–Crippen MR) is 109 cm³/mol. The molecule has 2 aromatic rings. The first kappa shape index (κ1) is 19.9. The van der Waals surface area contributed by atoms with Crippen LogP contribution in [0.3, 0.4) is 0 Å². The van der Waals surface area contributed by atoms with Gasteiger partial charge in [0.25, 0.3) is 0 Å². The number of morpholine rings is 1. The van der Waals surface area contributed by atoms with Crippen LogP contribution >= 0.6 is 22.9 Å². The highest BCUT2D eigenvalue weighted by Gasteiger charge is 2.18. The van der Waals surface area contributed by atoms with Crippen molar-refractivity contribution in [2.24, 2.45) is 0 Å². The minimum Gasteiger partial charge on any atom is -0.378 e. The first-order valence-corrected chi connectivity index (χ1v) is 10.2. The number of hydrogen-bond acceptors (Lipinski definition) is 5. The van der Waals surface area contributed by atoms with E-state index in [4.69, 9.17) is 16.3 Å². The average molecular weight is 407 g/mol. The van der Waals surface area contributed by atoms with Crippen LogP contribution in [0, 0.1) is 0 Å². The van der Waals surface area contributed by atoms with Crippen molar-refractivity contribution in [3.63, 3.8) is 0 Å². The highest BCUT2D eigenvalue weighted by atomic mass is 35.5. The molecule has 0 aliphatic carbocycles. The molecule has 7 heteroatoms. The third-order valence-electron chi connectivity index (χ3n) is 4.59. The number of thiophene rings is 1. The lowest BCUT2D eigenvalue weighted by Gasteiger charge is -2.31. The van der Waals surface area contributed by atoms with Gasteiger partial charge in [-0.2, -0.15) is 0 Å². The molecule has 0 atom stereocenters. The summed E-state index contributed by atoms with van der Waals surface area (Å²) < 4.78 is 6.01. The van der Waals surface area contributed by atoms with E-state index in [1.807, 2.05) is 18.2 Å². The number of halogens is 1. The van der Waals surface area contributed by atoms with Crippen LogP contribution in [0.2, 0.25) is 4.34 Å². The number of para-hydroxylation sites is 1. The van der Waals surface area contributed by atoms with Gasteiger partial charge in [-0.1, -0.05) is 29.8 Å². The number of carbonyl (C=O) groups excluding carboxylic acids is 2. The number of ether oxygens (including phenoxy) is 1. The lowest BCUT2D eigenvalue weighted by molar-refractivity contribution is -0.130. The summed E-state index contributed by atoms with van der Waals surface area (Å²) in [6, 6.07) is 11.6. The summed E-state index contributed by atoms with van der Waals surface area (Å²) in [5, 5.41) is 0. The number of amides is 1. The van der Waals surface area contributed by atoms with E-state index in [9.17, 15) is 9.59 Å². The average Bonchev–Trinajstić information content (AvgIpc) is 3.13. The fourth-order valence-corrected chi connectivity index (χ4v) is 4.11. The normalized spacial score (nSPS) is 14.2. The summed E-state index contributed by atoms with van der Waals surface area (Å²) in [6.45, 7) is 3.67. The summed E-state index contributed by atoms with van der Waals surface area (Å²) in [7, 11) is 1.78. The highest BCUT2D eigenvalue weighted by Crippen LogP contribution is 2.24. The van der Waals surface area contributed by atoms with E-state index in [1.165, 1.54) is 11.3 Å². The van der Waals surface area contributed by atoms with Gasteiger partial charge >= 0.3 is 0 Å². The minimum atomic E-state index is -0.0395. The SMILES string of the molecule is CN(Cc1ccccc1N1CCOCC1)C(=O)CCC(=O)c1ccc(Cl)s1. The number of hydrogen-bond donors (Lipinski definition) is 0. The van der Waals surface area contributed by atoms with Gasteiger partial charge in [-0.3, -0.25) is 9.59 Å². The van der Waals surface area contributed by atoms with Crippen molar-refractivity contribution < 1.29 is 14.3 Å². The Morgan fingerprint density at radius 1 is 1.15 bits per heavy atom. The summed E-state index contributed by atoms with van der Waals surface area (Å²) in [5.74, 6) is -0.0786. The monoisotopic (exact) mass is 406 g/mol. The van der Waals surface area contributed by atoms with Crippen LogP contribution in [-0.4, -0.2) is 49.9 Å². The van der Waals surface area contributed by atoms with Crippen molar-refractivity contribution in [2.45, 2.75) is 19.4 Å². The molecule has 1 amide bonds. The van der Waals surface area contributed by atoms with Gasteiger partial charge in [0.05, 0.1) is 22.4 Å². The molecule has 0 spiro atoms. The molecule has 1 aromatic heterocycles. The van der Waals surface area contributed by atoms with Gasteiger partial charge in [-0.25, -0.2) is 0 Å². The van der Waals surface area contributed by atoms with Crippen LogP contribution in [0.25, 0.3) is 0 Å². The molecule has 1 fully saturated rings. The Kier molecular flexibility index (Phi) is 6.88. The maximum atomic E-state index is 12.5. The zero-order valence-electron chi connectivity index (χ0n) is 15.3. The van der Waals surface area contributed by atoms with E-state index in [-0.39, 0.29) is 24.5 Å². The van der Waals surface area contributed by atoms with Crippen molar-refractivity contribution in [3.8, 4) is 0 Å². The molecule has 0 unspecified atom stereocenters. The maximum absolute atomic E-state index is 12.5. The van der Waals surface area contributed by atoms with Crippen LogP contribution in [-0.2, 0) is 16.1 Å². The third-order valence-corrected chi connectivity index (χ3v) is 5.86. The number of ketones is 1. The number of rotatable bonds is 7. The van der Waals surface area contributed by atoms with Gasteiger partial charge in [-0.15, -0.1) is 11.3 Å². The summed E-state index contributed by atoms with van der Waals surface area (Å²) >= 11 is 7.12. The van der Waals surface area contributed by atoms with Crippen LogP contribution in [0.5, 0.6) is 0 Å². The quantitative estimate of drug-likeness (QED) is 0.655. The minimum absolute atomic E-state index is 0.0391. The Morgan fingerprint density at radius 3 is 2.59 bits per heavy atom. The van der Waals surface area contributed by atoms with Crippen LogP contribution in [0.4, 0.5) is 5.69 Å². The van der Waals surface area contributed by atoms with Gasteiger partial charge in [0.15, 0.2) is 5.78 Å². The lowest BCUT2D eigenvalue weighted by atomic mass is 10.1. The zero-order chi connectivity index (χ0) is 19.2. The van der Waals surface area contributed by atoms with Gasteiger partial charge in [-0.05, 0) is 23.8 Å². The number of carbonyl (C=O) groups is 2. The predicted octanol–water partition coefficient (Wildman–Crippen LogP) is 3.86. The Balaban J connectivity index is 1.57. The van der Waals surface area contributed by atoms with E-state index < -0.39 is 0 Å². The first-order chi connectivity index (χ1) is 13.0. The molecule has 0 radical (unpaired) electrons. The molecular weight excluding hydrogens is 384 g/mol. The fourth-order valence-electron chi connectivity index (χ4n) is 3.10. The van der Waals surface area contributed by atoms with Gasteiger partial charge in [0.1, 0.15) is 0 Å². The van der Waals surface area contributed by atoms with Crippen molar-refractivity contribution in [1.82, 2.24) is 4.90 Å².